The van der Waals surface area contributed by atoms with Gasteiger partial charge in [0.1, 0.15) is 11.3 Å². The number of carbonyl (C=O) groups is 2. The van der Waals surface area contributed by atoms with Gasteiger partial charge in [-0.1, -0.05) is 40.5 Å². The number of rotatable bonds is 2. The zero-order valence-corrected chi connectivity index (χ0v) is 19.8. The number of ketones is 1. The summed E-state index contributed by atoms with van der Waals surface area (Å²) in [5, 5.41) is 8.99. The van der Waals surface area contributed by atoms with Crippen molar-refractivity contribution in [3.8, 4) is 16.8 Å². The van der Waals surface area contributed by atoms with Crippen molar-refractivity contribution < 1.29 is 14.0 Å². The number of fused-ring (bicyclic) bond motifs is 3. The van der Waals surface area contributed by atoms with Crippen LogP contribution in [0.1, 0.15) is 15.9 Å². The summed E-state index contributed by atoms with van der Waals surface area (Å²) in [7, 11) is 0. The Kier molecular flexibility index (Phi) is 6.65. The number of benzene rings is 3. The van der Waals surface area contributed by atoms with Gasteiger partial charge in [-0.25, -0.2) is 18.7 Å². The molecule has 1 N–H and O–H groups in total. The van der Waals surface area contributed by atoms with Crippen LogP contribution in [0, 0.1) is 5.82 Å². The van der Waals surface area contributed by atoms with Gasteiger partial charge < -0.3 is 0 Å². The second kappa shape index (κ2) is 9.32. The van der Waals surface area contributed by atoms with E-state index in [1.54, 1.807) is 27.7 Å². The summed E-state index contributed by atoms with van der Waals surface area (Å²) in [6.07, 6.45) is 0. The predicted molar refractivity (Wildman–Crippen MR) is 126 cm³/mol. The molecule has 7 nitrogen and oxygen atoms in total. The summed E-state index contributed by atoms with van der Waals surface area (Å²) in [6, 6.07) is 13.0. The van der Waals surface area contributed by atoms with E-state index in [0.29, 0.717) is 37.9 Å². The Bertz CT molecular complexity index is 1430. The second-order valence-corrected chi connectivity index (χ2v) is 8.44. The van der Waals surface area contributed by atoms with Gasteiger partial charge in [-0.15, -0.1) is 9.04 Å². The van der Waals surface area contributed by atoms with Gasteiger partial charge in [-0.3, -0.25) is 4.79 Å². The van der Waals surface area contributed by atoms with Crippen LogP contribution in [0.4, 0.5) is 9.18 Å². The van der Waals surface area contributed by atoms with Crippen molar-refractivity contribution in [1.29, 1.82) is 0 Å². The number of nitrogens with one attached hydrogen (secondary N) is 1. The molecule has 3 aromatic carbocycles. The Morgan fingerprint density at radius 3 is 2.39 bits per heavy atom. The average molecular weight is 548 g/mol. The van der Waals surface area contributed by atoms with Gasteiger partial charge in [0.2, 0.25) is 0 Å². The minimum atomic E-state index is -0.773. The van der Waals surface area contributed by atoms with Crippen molar-refractivity contribution in [2.75, 3.05) is 0 Å². The van der Waals surface area contributed by atoms with Crippen molar-refractivity contribution in [3.63, 3.8) is 0 Å². The van der Waals surface area contributed by atoms with Crippen LogP contribution in [0.15, 0.2) is 48.5 Å². The minimum absolute atomic E-state index is 0.147. The van der Waals surface area contributed by atoms with Gasteiger partial charge in [-0.05, 0) is 47.5 Å². The molecule has 0 saturated carbocycles. The summed E-state index contributed by atoms with van der Waals surface area (Å²) in [5.41, 5.74) is 3.87. The Morgan fingerprint density at radius 1 is 1.03 bits per heavy atom. The number of hydrogen-bond donors (Lipinski definition) is 1. The molecule has 0 radical (unpaired) electrons. The molecule has 4 aromatic rings. The van der Waals surface area contributed by atoms with E-state index < -0.39 is 11.8 Å². The van der Waals surface area contributed by atoms with Crippen molar-refractivity contribution in [1.82, 2.24) is 23.8 Å². The van der Waals surface area contributed by atoms with Crippen LogP contribution in [-0.4, -0.2) is 30.7 Å². The van der Waals surface area contributed by atoms with Gasteiger partial charge in [0, 0.05) is 40.9 Å². The number of nitrogens with zero attached hydrogens (tertiary/aromatic N) is 4. The second-order valence-electron chi connectivity index (χ2n) is 6.62. The first-order valence-electron chi connectivity index (χ1n) is 8.93. The van der Waals surface area contributed by atoms with Crippen LogP contribution >= 0.6 is 58.5 Å². The first-order chi connectivity index (χ1) is 15.7. The van der Waals surface area contributed by atoms with E-state index in [1.807, 2.05) is 24.3 Å². The molecule has 6 rings (SSSR count). The Balaban J connectivity index is 0.000000325. The quantitative estimate of drug-likeness (QED) is 0.255. The van der Waals surface area contributed by atoms with E-state index in [9.17, 15) is 14.0 Å². The number of amides is 2. The van der Waals surface area contributed by atoms with Crippen LogP contribution in [0.5, 0.6) is 0 Å². The topological polar surface area (TPSA) is 80.1 Å². The highest BCUT2D eigenvalue weighted by Gasteiger charge is 2.29. The molecule has 1 aromatic heterocycles. The maximum atomic E-state index is 13.9. The van der Waals surface area contributed by atoms with Crippen LogP contribution in [-0.2, 0) is 0 Å². The number of halogens is 6. The summed E-state index contributed by atoms with van der Waals surface area (Å²) in [5.74, 6) is -0.754. The Morgan fingerprint density at radius 2 is 1.79 bits per heavy atom. The van der Waals surface area contributed by atoms with E-state index in [-0.39, 0.29) is 15.3 Å². The van der Waals surface area contributed by atoms with Crippen molar-refractivity contribution in [2.45, 2.75) is 0 Å². The molecule has 0 atom stereocenters. The van der Waals surface area contributed by atoms with Gasteiger partial charge >= 0.3 is 6.03 Å². The molecule has 0 fully saturated rings. The fourth-order valence-electron chi connectivity index (χ4n) is 3.20. The normalized spacial score (nSPS) is 11.5. The average Bonchev–Trinajstić information content (AvgIpc) is 3.25. The van der Waals surface area contributed by atoms with E-state index in [1.165, 1.54) is 6.07 Å². The molecule has 168 valence electrons. The lowest BCUT2D eigenvalue weighted by Gasteiger charge is -2.19. The fraction of sp³-hybridized carbons (Fsp3) is 0. The molecule has 0 aliphatic heterocycles. The molecular weight excluding hydrogens is 539 g/mol. The van der Waals surface area contributed by atoms with E-state index in [0.717, 1.165) is 5.56 Å². The lowest BCUT2D eigenvalue weighted by atomic mass is 9.83. The van der Waals surface area contributed by atoms with Crippen LogP contribution in [0.3, 0.4) is 0 Å². The zero-order valence-electron chi connectivity index (χ0n) is 16.0. The molecule has 2 amide bonds. The van der Waals surface area contributed by atoms with Gasteiger partial charge in [0.25, 0.3) is 0 Å². The highest BCUT2D eigenvalue weighted by Crippen LogP contribution is 2.36. The van der Waals surface area contributed by atoms with Gasteiger partial charge in [0.15, 0.2) is 5.78 Å². The third kappa shape index (κ3) is 4.32. The van der Waals surface area contributed by atoms with E-state index in [2.05, 4.69) is 10.3 Å². The SMILES string of the molecule is O=C(NCl)N(Cl)Cl.O=C1c2cc1c(-c1cccc(-n3nnc4c(Cl)c(Cl)ccc43)c1)cc2F. The molecule has 0 saturated heterocycles. The van der Waals surface area contributed by atoms with Gasteiger partial charge in [-0.2, -0.15) is 0 Å². The van der Waals surface area contributed by atoms with Crippen LogP contribution in [0.2, 0.25) is 10.0 Å². The summed E-state index contributed by atoms with van der Waals surface area (Å²) in [4.78, 5) is 23.5. The lowest BCUT2D eigenvalue weighted by Crippen LogP contribution is -2.19. The first kappa shape index (κ1) is 23.5. The zero-order chi connectivity index (χ0) is 23.9. The standard InChI is InChI=1S/C19H8Cl2FN3O.CHCl3N2O/c20-14-4-5-16-18(17(14)21)23-24-25(16)10-3-1-2-9(6-10)11-8-15(22)13-7-12(11)19(13)26;2-5-1(7)6(3)4/h1-8H;(H,5,7). The molecule has 13 heteroatoms. The van der Waals surface area contributed by atoms with Crippen LogP contribution < -0.4 is 4.84 Å². The maximum Gasteiger partial charge on any atom is 0.361 e. The summed E-state index contributed by atoms with van der Waals surface area (Å²) in [6.45, 7) is 0. The van der Waals surface area contributed by atoms with Crippen molar-refractivity contribution in [2.24, 2.45) is 0 Å². The van der Waals surface area contributed by atoms with Crippen molar-refractivity contribution in [3.05, 3.63) is 75.5 Å². The summed E-state index contributed by atoms with van der Waals surface area (Å²) >= 11 is 26.6. The fourth-order valence-corrected chi connectivity index (χ4v) is 3.81. The predicted octanol–water partition coefficient (Wildman–Crippen LogP) is 6.54. The first-order valence-corrected chi connectivity index (χ1v) is 10.7. The number of hydrogen-bond acceptors (Lipinski definition) is 4. The molecule has 1 heterocycles. The summed E-state index contributed by atoms with van der Waals surface area (Å²) < 4.78 is 15.9. The number of carbonyl (C=O) groups excluding carboxylic acids is 2. The molecule has 2 aliphatic carbocycles. The third-order valence-electron chi connectivity index (χ3n) is 4.74. The Labute approximate surface area is 210 Å². The molecule has 2 bridgehead atoms. The molecular formula is C20H9Cl5FN5O2. The van der Waals surface area contributed by atoms with Crippen molar-refractivity contribution >= 4 is 81.4 Å². The third-order valence-corrected chi connectivity index (χ3v) is 6.01. The highest BCUT2D eigenvalue weighted by molar-refractivity contribution is 6.45. The molecule has 0 spiro atoms. The maximum absolute atomic E-state index is 13.9. The van der Waals surface area contributed by atoms with E-state index in [4.69, 9.17) is 58.5 Å². The number of aromatic nitrogens is 3. The Hall–Kier alpha value is -2.62. The lowest BCUT2D eigenvalue weighted by molar-refractivity contribution is 0.102. The molecule has 0 unspecified atom stereocenters. The van der Waals surface area contributed by atoms with Gasteiger partial charge in [0.05, 0.1) is 26.8 Å². The van der Waals surface area contributed by atoms with E-state index >= 15 is 0 Å². The largest absolute Gasteiger partial charge is 0.361 e. The number of urea groups is 1. The molecule has 2 aliphatic rings. The van der Waals surface area contributed by atoms with Crippen LogP contribution in [0.25, 0.3) is 27.8 Å². The highest BCUT2D eigenvalue weighted by atomic mass is 35.5. The monoisotopic (exact) mass is 545 g/mol. The smallest absolute Gasteiger partial charge is 0.288 e. The molecule has 33 heavy (non-hydrogen) atoms. The minimum Gasteiger partial charge on any atom is -0.288 e.